The van der Waals surface area contributed by atoms with E-state index in [1.807, 2.05) is 9.80 Å². The van der Waals surface area contributed by atoms with Gasteiger partial charge in [-0.15, -0.1) is 10.2 Å². The molecule has 1 aromatic rings. The third-order valence-corrected chi connectivity index (χ3v) is 5.73. The molecule has 138 valence electrons. The number of carbonyl (C=O) groups excluding carboxylic acids is 2. The van der Waals surface area contributed by atoms with Crippen LogP contribution in [0.5, 0.6) is 0 Å². The summed E-state index contributed by atoms with van der Waals surface area (Å²) in [5.41, 5.74) is 5.88. The Balaban J connectivity index is 1.57. The first kappa shape index (κ1) is 18.0. The molecule has 2 N–H and O–H groups in total. The molecule has 2 saturated heterocycles. The summed E-state index contributed by atoms with van der Waals surface area (Å²) in [6.45, 7) is 3.41. The van der Waals surface area contributed by atoms with Crippen molar-refractivity contribution in [1.29, 1.82) is 0 Å². The summed E-state index contributed by atoms with van der Waals surface area (Å²) in [5, 5.41) is 8.46. The molecule has 0 aromatic carbocycles. The van der Waals surface area contributed by atoms with Gasteiger partial charge in [-0.25, -0.2) is 0 Å². The van der Waals surface area contributed by atoms with Gasteiger partial charge in [0.2, 0.25) is 17.8 Å². The number of nitrogens with two attached hydrogens (primary N) is 1. The molecule has 0 atom stereocenters. The Hall–Kier alpha value is -1.77. The number of nitrogens with zero attached hydrogens (tertiary/aromatic N) is 5. The van der Waals surface area contributed by atoms with Gasteiger partial charge in [0.15, 0.2) is 5.16 Å². The molecule has 0 saturated carbocycles. The number of likely N-dealkylation sites (tertiary alicyclic amines) is 2. The van der Waals surface area contributed by atoms with Crippen molar-refractivity contribution >= 4 is 29.5 Å². The van der Waals surface area contributed by atoms with Crippen molar-refractivity contribution in [3.8, 4) is 0 Å². The first-order chi connectivity index (χ1) is 12.1. The van der Waals surface area contributed by atoms with Crippen molar-refractivity contribution in [2.75, 3.05) is 37.7 Å². The largest absolute Gasteiger partial charge is 0.368 e. The molecule has 8 nitrogen and oxygen atoms in total. The van der Waals surface area contributed by atoms with Crippen molar-refractivity contribution in [2.24, 2.45) is 0 Å². The van der Waals surface area contributed by atoms with Crippen molar-refractivity contribution in [1.82, 2.24) is 24.6 Å². The SMILES string of the molecule is Nc1nnc(SCC(=O)N2CCCCC2)n1CC(=O)N1CCCCC1. The summed E-state index contributed by atoms with van der Waals surface area (Å²) in [6, 6.07) is 0. The van der Waals surface area contributed by atoms with Crippen molar-refractivity contribution in [3.63, 3.8) is 0 Å². The van der Waals surface area contributed by atoms with Gasteiger partial charge in [0.1, 0.15) is 6.54 Å². The number of amides is 2. The molecule has 3 heterocycles. The highest BCUT2D eigenvalue weighted by Crippen LogP contribution is 2.20. The second-order valence-corrected chi connectivity index (χ2v) is 7.54. The highest BCUT2D eigenvalue weighted by molar-refractivity contribution is 7.99. The van der Waals surface area contributed by atoms with Gasteiger partial charge in [0, 0.05) is 26.2 Å². The van der Waals surface area contributed by atoms with Crippen molar-refractivity contribution in [3.05, 3.63) is 0 Å². The molecule has 0 spiro atoms. The number of thioether (sulfide) groups is 1. The van der Waals surface area contributed by atoms with E-state index in [-0.39, 0.29) is 24.3 Å². The molecule has 2 aliphatic rings. The molecule has 0 aliphatic carbocycles. The predicted octanol–water partition coefficient (Wildman–Crippen LogP) is 0.977. The van der Waals surface area contributed by atoms with E-state index in [0.29, 0.717) is 10.9 Å². The predicted molar refractivity (Wildman–Crippen MR) is 96.0 cm³/mol. The van der Waals surface area contributed by atoms with Crippen LogP contribution in [0.4, 0.5) is 5.95 Å². The third kappa shape index (κ3) is 4.65. The topological polar surface area (TPSA) is 97.3 Å². The Kier molecular flexibility index (Phi) is 6.17. The van der Waals surface area contributed by atoms with E-state index in [1.165, 1.54) is 24.6 Å². The average Bonchev–Trinajstić information content (AvgIpc) is 3.01. The molecule has 3 rings (SSSR count). The second kappa shape index (κ2) is 8.55. The molecule has 2 aliphatic heterocycles. The maximum atomic E-state index is 12.5. The van der Waals surface area contributed by atoms with Gasteiger partial charge in [0.25, 0.3) is 0 Å². The van der Waals surface area contributed by atoms with Crippen LogP contribution in [0.2, 0.25) is 0 Å². The molecule has 0 bridgehead atoms. The Bertz CT molecular complexity index is 608. The van der Waals surface area contributed by atoms with Gasteiger partial charge in [0.05, 0.1) is 5.75 Å². The lowest BCUT2D eigenvalue weighted by molar-refractivity contribution is -0.132. The minimum Gasteiger partial charge on any atom is -0.368 e. The summed E-state index contributed by atoms with van der Waals surface area (Å²) in [4.78, 5) is 28.5. The number of piperidine rings is 2. The monoisotopic (exact) mass is 366 g/mol. The fourth-order valence-corrected chi connectivity index (χ4v) is 4.14. The van der Waals surface area contributed by atoms with E-state index < -0.39 is 0 Å². The zero-order valence-corrected chi connectivity index (χ0v) is 15.3. The van der Waals surface area contributed by atoms with Crippen LogP contribution in [-0.2, 0) is 16.1 Å². The van der Waals surface area contributed by atoms with Crippen LogP contribution >= 0.6 is 11.8 Å². The molecule has 25 heavy (non-hydrogen) atoms. The Morgan fingerprint density at radius 3 is 2.04 bits per heavy atom. The zero-order chi connectivity index (χ0) is 17.6. The number of nitrogen functional groups attached to an aromatic ring is 1. The van der Waals surface area contributed by atoms with Crippen molar-refractivity contribution in [2.45, 2.75) is 50.2 Å². The molecule has 0 radical (unpaired) electrons. The molecular weight excluding hydrogens is 340 g/mol. The standard InChI is InChI=1S/C16H26N6O2S/c17-15-18-19-16(25-12-14(24)21-9-5-2-6-10-21)22(15)11-13(23)20-7-3-1-4-8-20/h1-12H2,(H2,17,18). The maximum Gasteiger partial charge on any atom is 0.242 e. The minimum atomic E-state index is 0.0374. The van der Waals surface area contributed by atoms with Crippen LogP contribution in [0.1, 0.15) is 38.5 Å². The number of rotatable bonds is 5. The van der Waals surface area contributed by atoms with E-state index >= 15 is 0 Å². The first-order valence-electron chi connectivity index (χ1n) is 9.02. The van der Waals surface area contributed by atoms with Gasteiger partial charge < -0.3 is 15.5 Å². The lowest BCUT2D eigenvalue weighted by Gasteiger charge is -2.27. The van der Waals surface area contributed by atoms with Crippen molar-refractivity contribution < 1.29 is 9.59 Å². The van der Waals surface area contributed by atoms with Gasteiger partial charge in [-0.1, -0.05) is 11.8 Å². The lowest BCUT2D eigenvalue weighted by Crippen LogP contribution is -2.38. The van der Waals surface area contributed by atoms with E-state index in [9.17, 15) is 9.59 Å². The average molecular weight is 366 g/mol. The summed E-state index contributed by atoms with van der Waals surface area (Å²) < 4.78 is 1.62. The number of hydrogen-bond donors (Lipinski definition) is 1. The minimum absolute atomic E-state index is 0.0374. The number of carbonyl (C=O) groups is 2. The normalized spacial score (nSPS) is 18.4. The molecule has 2 amide bonds. The Morgan fingerprint density at radius 1 is 0.880 bits per heavy atom. The Labute approximate surface area is 152 Å². The highest BCUT2D eigenvalue weighted by Gasteiger charge is 2.22. The molecule has 1 aromatic heterocycles. The number of aromatic nitrogens is 3. The zero-order valence-electron chi connectivity index (χ0n) is 14.5. The third-order valence-electron chi connectivity index (χ3n) is 4.78. The molecule has 9 heteroatoms. The van der Waals surface area contributed by atoms with Gasteiger partial charge >= 0.3 is 0 Å². The second-order valence-electron chi connectivity index (χ2n) is 6.60. The molecular formula is C16H26N6O2S. The summed E-state index contributed by atoms with van der Waals surface area (Å²) in [7, 11) is 0. The number of anilines is 1. The van der Waals surface area contributed by atoms with Crippen LogP contribution in [0.3, 0.4) is 0 Å². The van der Waals surface area contributed by atoms with Gasteiger partial charge in [-0.05, 0) is 38.5 Å². The van der Waals surface area contributed by atoms with E-state index in [1.54, 1.807) is 4.57 Å². The lowest BCUT2D eigenvalue weighted by atomic mass is 10.1. The quantitative estimate of drug-likeness (QED) is 0.780. The maximum absolute atomic E-state index is 12.5. The van der Waals surface area contributed by atoms with E-state index in [4.69, 9.17) is 5.73 Å². The van der Waals surface area contributed by atoms with E-state index in [2.05, 4.69) is 10.2 Å². The fourth-order valence-electron chi connectivity index (χ4n) is 3.29. The Morgan fingerprint density at radius 2 is 1.44 bits per heavy atom. The van der Waals surface area contributed by atoms with Crippen LogP contribution < -0.4 is 5.73 Å². The fraction of sp³-hybridized carbons (Fsp3) is 0.750. The summed E-state index contributed by atoms with van der Waals surface area (Å²) in [5.74, 6) is 0.671. The van der Waals surface area contributed by atoms with Gasteiger partial charge in [-0.3, -0.25) is 14.2 Å². The van der Waals surface area contributed by atoms with Crippen LogP contribution in [0, 0.1) is 0 Å². The number of hydrogen-bond acceptors (Lipinski definition) is 6. The molecule has 2 fully saturated rings. The molecule has 0 unspecified atom stereocenters. The summed E-state index contributed by atoms with van der Waals surface area (Å²) >= 11 is 1.31. The van der Waals surface area contributed by atoms with Crippen LogP contribution in [-0.4, -0.2) is 68.3 Å². The van der Waals surface area contributed by atoms with Crippen LogP contribution in [0.25, 0.3) is 0 Å². The first-order valence-corrected chi connectivity index (χ1v) is 10.0. The summed E-state index contributed by atoms with van der Waals surface area (Å²) in [6.07, 6.45) is 6.62. The van der Waals surface area contributed by atoms with Crippen LogP contribution in [0.15, 0.2) is 5.16 Å². The highest BCUT2D eigenvalue weighted by atomic mass is 32.2. The smallest absolute Gasteiger partial charge is 0.242 e. The van der Waals surface area contributed by atoms with Gasteiger partial charge in [-0.2, -0.15) is 0 Å². The van der Waals surface area contributed by atoms with E-state index in [0.717, 1.165) is 51.9 Å².